The average Bonchev–Trinajstić information content (AvgIpc) is 2.86. The van der Waals surface area contributed by atoms with E-state index in [0.717, 1.165) is 37.8 Å². The summed E-state index contributed by atoms with van der Waals surface area (Å²) in [6.45, 7) is 4.20. The molecule has 5 nitrogen and oxygen atoms in total. The van der Waals surface area contributed by atoms with E-state index in [-0.39, 0.29) is 23.4 Å². The van der Waals surface area contributed by atoms with Crippen LogP contribution < -0.4 is 5.32 Å². The van der Waals surface area contributed by atoms with E-state index in [1.165, 1.54) is 0 Å². The van der Waals surface area contributed by atoms with Crippen molar-refractivity contribution in [2.24, 2.45) is 0 Å². The molecule has 1 spiro atoms. The molecule has 24 heavy (non-hydrogen) atoms. The van der Waals surface area contributed by atoms with Crippen LogP contribution in [0.1, 0.15) is 44.1 Å². The van der Waals surface area contributed by atoms with Crippen molar-refractivity contribution in [3.63, 3.8) is 0 Å². The third kappa shape index (κ3) is 2.99. The number of piperidine rings is 1. The van der Waals surface area contributed by atoms with Crippen LogP contribution in [0.25, 0.3) is 0 Å². The zero-order valence-electron chi connectivity index (χ0n) is 14.6. The molecule has 2 aliphatic heterocycles. The number of nitrogens with zero attached hydrogens (tertiary/aromatic N) is 2. The lowest BCUT2D eigenvalue weighted by Crippen LogP contribution is -2.54. The van der Waals surface area contributed by atoms with Crippen LogP contribution in [-0.2, 0) is 4.79 Å². The monoisotopic (exact) mass is 329 g/mol. The van der Waals surface area contributed by atoms with Crippen molar-refractivity contribution in [3.05, 3.63) is 35.9 Å². The second-order valence-corrected chi connectivity index (χ2v) is 7.01. The number of carbonyl (C=O) groups is 2. The number of nitrogens with one attached hydrogen (secondary N) is 1. The van der Waals surface area contributed by atoms with Gasteiger partial charge in [-0.15, -0.1) is 0 Å². The number of likely N-dealkylation sites (N-methyl/N-ethyl adjacent to an activating group) is 1. The third-order valence-corrected chi connectivity index (χ3v) is 5.63. The molecule has 2 saturated heterocycles. The van der Waals surface area contributed by atoms with Crippen LogP contribution in [0.5, 0.6) is 0 Å². The van der Waals surface area contributed by atoms with Crippen molar-refractivity contribution in [1.82, 2.24) is 15.1 Å². The number of likely N-dealkylation sites (tertiary alicyclic amines) is 2. The van der Waals surface area contributed by atoms with Crippen molar-refractivity contribution < 1.29 is 9.59 Å². The van der Waals surface area contributed by atoms with E-state index in [1.807, 2.05) is 54.1 Å². The molecular weight excluding hydrogens is 302 g/mol. The Labute approximate surface area is 144 Å². The van der Waals surface area contributed by atoms with Gasteiger partial charge in [-0.05, 0) is 31.2 Å². The summed E-state index contributed by atoms with van der Waals surface area (Å²) in [5, 5.41) is 2.94. The van der Waals surface area contributed by atoms with Crippen molar-refractivity contribution in [2.45, 2.75) is 44.1 Å². The van der Waals surface area contributed by atoms with Crippen LogP contribution in [0.4, 0.5) is 4.79 Å². The molecule has 130 valence electrons. The number of hydrogen-bond acceptors (Lipinski definition) is 2. The van der Waals surface area contributed by atoms with Crippen LogP contribution in [0.3, 0.4) is 0 Å². The Morgan fingerprint density at radius 2 is 1.92 bits per heavy atom. The third-order valence-electron chi connectivity index (χ3n) is 5.63. The van der Waals surface area contributed by atoms with E-state index in [9.17, 15) is 9.59 Å². The normalized spacial score (nSPS) is 22.9. The molecule has 2 aliphatic rings. The Morgan fingerprint density at radius 1 is 1.25 bits per heavy atom. The lowest BCUT2D eigenvalue weighted by atomic mass is 9.81. The molecule has 0 aliphatic carbocycles. The van der Waals surface area contributed by atoms with Gasteiger partial charge in [0.25, 0.3) is 0 Å². The number of rotatable bonds is 3. The quantitative estimate of drug-likeness (QED) is 0.927. The fourth-order valence-electron chi connectivity index (χ4n) is 4.03. The maximum atomic E-state index is 12.8. The van der Waals surface area contributed by atoms with E-state index in [2.05, 4.69) is 5.32 Å². The highest BCUT2D eigenvalue weighted by Crippen LogP contribution is 2.44. The Balaban J connectivity index is 1.67. The molecule has 2 heterocycles. The molecule has 3 rings (SSSR count). The van der Waals surface area contributed by atoms with Crippen LogP contribution in [0.2, 0.25) is 0 Å². The summed E-state index contributed by atoms with van der Waals surface area (Å²) in [6.07, 6.45) is 3.52. The van der Waals surface area contributed by atoms with Gasteiger partial charge in [-0.2, -0.15) is 0 Å². The number of carbonyl (C=O) groups excluding carboxylic acids is 2. The SMILES string of the molecule is CCCNC(=O)N1CCC2(CC1)CC(c1ccccc1)C(=O)N2C. The number of amides is 3. The van der Waals surface area contributed by atoms with Gasteiger partial charge in [-0.3, -0.25) is 4.79 Å². The van der Waals surface area contributed by atoms with Gasteiger partial charge in [0.15, 0.2) is 0 Å². The Morgan fingerprint density at radius 3 is 2.54 bits per heavy atom. The Kier molecular flexibility index (Phi) is 4.78. The molecule has 1 unspecified atom stereocenters. The maximum absolute atomic E-state index is 12.8. The van der Waals surface area contributed by atoms with Gasteiger partial charge in [0.1, 0.15) is 0 Å². The molecule has 0 radical (unpaired) electrons. The van der Waals surface area contributed by atoms with E-state index >= 15 is 0 Å². The van der Waals surface area contributed by atoms with Gasteiger partial charge in [0, 0.05) is 32.2 Å². The number of urea groups is 1. The van der Waals surface area contributed by atoms with E-state index in [0.29, 0.717) is 13.1 Å². The average molecular weight is 329 g/mol. The first-order chi connectivity index (χ1) is 11.6. The predicted octanol–water partition coefficient (Wildman–Crippen LogP) is 2.59. The lowest BCUT2D eigenvalue weighted by molar-refractivity contribution is -0.131. The number of benzene rings is 1. The first kappa shape index (κ1) is 16.8. The second kappa shape index (κ2) is 6.83. The molecule has 3 amide bonds. The summed E-state index contributed by atoms with van der Waals surface area (Å²) < 4.78 is 0. The smallest absolute Gasteiger partial charge is 0.317 e. The highest BCUT2D eigenvalue weighted by Gasteiger charge is 2.50. The predicted molar refractivity (Wildman–Crippen MR) is 93.8 cm³/mol. The summed E-state index contributed by atoms with van der Waals surface area (Å²) in [5.41, 5.74) is 1.01. The van der Waals surface area contributed by atoms with E-state index in [4.69, 9.17) is 0 Å². The minimum Gasteiger partial charge on any atom is -0.339 e. The van der Waals surface area contributed by atoms with Crippen molar-refractivity contribution in [1.29, 1.82) is 0 Å². The zero-order valence-corrected chi connectivity index (χ0v) is 14.6. The molecule has 1 aromatic rings. The van der Waals surface area contributed by atoms with E-state index < -0.39 is 0 Å². The van der Waals surface area contributed by atoms with Crippen molar-refractivity contribution in [2.75, 3.05) is 26.7 Å². The molecule has 0 saturated carbocycles. The van der Waals surface area contributed by atoms with Gasteiger partial charge >= 0.3 is 6.03 Å². The molecule has 5 heteroatoms. The Bertz CT molecular complexity index is 594. The highest BCUT2D eigenvalue weighted by atomic mass is 16.2. The summed E-state index contributed by atoms with van der Waals surface area (Å²) in [7, 11) is 1.93. The van der Waals surface area contributed by atoms with Crippen molar-refractivity contribution >= 4 is 11.9 Å². The topological polar surface area (TPSA) is 52.7 Å². The minimum absolute atomic E-state index is 0.0262. The van der Waals surface area contributed by atoms with Gasteiger partial charge in [-0.25, -0.2) is 4.79 Å². The fraction of sp³-hybridized carbons (Fsp3) is 0.579. The second-order valence-electron chi connectivity index (χ2n) is 7.01. The zero-order chi connectivity index (χ0) is 17.2. The minimum atomic E-state index is -0.0981. The maximum Gasteiger partial charge on any atom is 0.317 e. The first-order valence-electron chi connectivity index (χ1n) is 8.93. The summed E-state index contributed by atoms with van der Waals surface area (Å²) in [5.74, 6) is 0.168. The molecule has 0 bridgehead atoms. The molecule has 1 aromatic carbocycles. The molecule has 0 aromatic heterocycles. The fourth-order valence-corrected chi connectivity index (χ4v) is 4.03. The Hall–Kier alpha value is -2.04. The van der Waals surface area contributed by atoms with Gasteiger partial charge in [0.05, 0.1) is 5.92 Å². The van der Waals surface area contributed by atoms with Crippen LogP contribution in [-0.4, -0.2) is 54.0 Å². The van der Waals surface area contributed by atoms with Gasteiger partial charge in [0.2, 0.25) is 5.91 Å². The highest BCUT2D eigenvalue weighted by molar-refractivity contribution is 5.87. The lowest BCUT2D eigenvalue weighted by Gasteiger charge is -2.43. The van der Waals surface area contributed by atoms with Crippen LogP contribution in [0.15, 0.2) is 30.3 Å². The summed E-state index contributed by atoms with van der Waals surface area (Å²) in [6, 6.07) is 10.1. The molecule has 1 N–H and O–H groups in total. The summed E-state index contributed by atoms with van der Waals surface area (Å²) in [4.78, 5) is 28.7. The first-order valence-corrected chi connectivity index (χ1v) is 8.93. The van der Waals surface area contributed by atoms with Crippen LogP contribution in [0, 0.1) is 0 Å². The largest absolute Gasteiger partial charge is 0.339 e. The molecule has 2 fully saturated rings. The summed E-state index contributed by atoms with van der Waals surface area (Å²) >= 11 is 0. The van der Waals surface area contributed by atoms with E-state index in [1.54, 1.807) is 0 Å². The molecule has 1 atom stereocenters. The standard InChI is InChI=1S/C19H27N3O2/c1-3-11-20-18(24)22-12-9-19(10-13-22)14-16(17(23)21(19)2)15-7-5-4-6-8-15/h4-8,16H,3,9-14H2,1-2H3,(H,20,24). The van der Waals surface area contributed by atoms with Crippen molar-refractivity contribution in [3.8, 4) is 0 Å². The van der Waals surface area contributed by atoms with Crippen LogP contribution >= 0.6 is 0 Å². The van der Waals surface area contributed by atoms with Gasteiger partial charge in [-0.1, -0.05) is 37.3 Å². The van der Waals surface area contributed by atoms with Gasteiger partial charge < -0.3 is 15.1 Å². The molecular formula is C19H27N3O2. The number of hydrogen-bond donors (Lipinski definition) is 1.